The molecule has 0 bridgehead atoms. The van der Waals surface area contributed by atoms with Gasteiger partial charge in [0.05, 0.1) is 0 Å². The third-order valence-corrected chi connectivity index (χ3v) is 3.37. The molecule has 3 aromatic rings. The predicted molar refractivity (Wildman–Crippen MR) is 82.9 cm³/mol. The molecule has 2 nitrogen and oxygen atoms in total. The molecule has 21 heavy (non-hydrogen) atoms. The van der Waals surface area contributed by atoms with E-state index in [9.17, 15) is 4.39 Å². The maximum absolute atomic E-state index is 12.8. The lowest BCUT2D eigenvalue weighted by molar-refractivity contribution is 0.593. The molecule has 0 aliphatic heterocycles. The first kappa shape index (κ1) is 13.7. The van der Waals surface area contributed by atoms with Crippen LogP contribution in [-0.4, -0.2) is 0 Å². The van der Waals surface area contributed by atoms with Crippen molar-refractivity contribution in [2.45, 2.75) is 6.54 Å². The quantitative estimate of drug-likeness (QED) is 0.702. The first-order valence-electron chi connectivity index (χ1n) is 6.55. The molecule has 0 amide bonds. The van der Waals surface area contributed by atoms with E-state index < -0.39 is 0 Å². The highest BCUT2D eigenvalue weighted by Crippen LogP contribution is 2.26. The van der Waals surface area contributed by atoms with E-state index in [2.05, 4.69) is 5.32 Å². The third-order valence-electron chi connectivity index (χ3n) is 3.11. The van der Waals surface area contributed by atoms with E-state index in [1.165, 1.54) is 12.1 Å². The average molecular weight is 302 g/mol. The van der Waals surface area contributed by atoms with Crippen molar-refractivity contribution in [3.8, 4) is 11.3 Å². The Morgan fingerprint density at radius 3 is 2.33 bits per heavy atom. The molecular weight excluding hydrogens is 289 g/mol. The van der Waals surface area contributed by atoms with Gasteiger partial charge in [-0.15, -0.1) is 0 Å². The molecule has 1 N–H and O–H groups in total. The van der Waals surface area contributed by atoms with E-state index in [-0.39, 0.29) is 5.82 Å². The molecule has 1 heterocycles. The van der Waals surface area contributed by atoms with Gasteiger partial charge in [0.1, 0.15) is 11.6 Å². The Morgan fingerprint density at radius 2 is 1.62 bits per heavy atom. The second kappa shape index (κ2) is 6.02. The van der Waals surface area contributed by atoms with E-state index in [4.69, 9.17) is 16.0 Å². The summed E-state index contributed by atoms with van der Waals surface area (Å²) in [5.41, 5.74) is 1.95. The Hall–Kier alpha value is -2.26. The van der Waals surface area contributed by atoms with E-state index in [1.54, 1.807) is 12.1 Å². The SMILES string of the molecule is Fc1ccc(CNc2ccc(-c3ccc(Cl)cc3)o2)cc1. The largest absolute Gasteiger partial charge is 0.441 e. The van der Waals surface area contributed by atoms with Crippen LogP contribution in [0, 0.1) is 5.82 Å². The standard InChI is InChI=1S/C17H13ClFNO/c18-14-5-3-13(4-6-14)16-9-10-17(21-16)20-11-12-1-7-15(19)8-2-12/h1-10,20H,11H2. The average Bonchev–Trinajstić information content (AvgIpc) is 2.96. The molecule has 0 aliphatic carbocycles. The molecule has 106 valence electrons. The smallest absolute Gasteiger partial charge is 0.193 e. The summed E-state index contributed by atoms with van der Waals surface area (Å²) in [5.74, 6) is 1.21. The van der Waals surface area contributed by atoms with Crippen LogP contribution in [0.5, 0.6) is 0 Å². The number of hydrogen-bond donors (Lipinski definition) is 1. The van der Waals surface area contributed by atoms with Crippen molar-refractivity contribution in [2.75, 3.05) is 5.32 Å². The van der Waals surface area contributed by atoms with Gasteiger partial charge in [0.25, 0.3) is 0 Å². The zero-order chi connectivity index (χ0) is 14.7. The van der Waals surface area contributed by atoms with Crippen molar-refractivity contribution in [2.24, 2.45) is 0 Å². The minimum absolute atomic E-state index is 0.234. The number of rotatable bonds is 4. The molecular formula is C17H13ClFNO. The Bertz CT molecular complexity index is 719. The molecule has 0 atom stereocenters. The van der Waals surface area contributed by atoms with Crippen molar-refractivity contribution >= 4 is 17.5 Å². The lowest BCUT2D eigenvalue weighted by Crippen LogP contribution is -1.97. The summed E-state index contributed by atoms with van der Waals surface area (Å²) in [4.78, 5) is 0. The van der Waals surface area contributed by atoms with Crippen molar-refractivity contribution in [3.63, 3.8) is 0 Å². The lowest BCUT2D eigenvalue weighted by atomic mass is 10.2. The van der Waals surface area contributed by atoms with Crippen LogP contribution in [0.25, 0.3) is 11.3 Å². The lowest BCUT2D eigenvalue weighted by Gasteiger charge is -2.03. The monoisotopic (exact) mass is 301 g/mol. The van der Waals surface area contributed by atoms with Gasteiger partial charge in [-0.25, -0.2) is 4.39 Å². The summed E-state index contributed by atoms with van der Waals surface area (Å²) < 4.78 is 18.5. The van der Waals surface area contributed by atoms with E-state index in [0.717, 1.165) is 16.9 Å². The number of benzene rings is 2. The minimum atomic E-state index is -0.234. The van der Waals surface area contributed by atoms with Crippen LogP contribution in [0.1, 0.15) is 5.56 Å². The number of hydrogen-bond acceptors (Lipinski definition) is 2. The number of nitrogens with one attached hydrogen (secondary N) is 1. The van der Waals surface area contributed by atoms with Gasteiger partial charge >= 0.3 is 0 Å². The summed E-state index contributed by atoms with van der Waals surface area (Å²) in [6, 6.07) is 17.6. The van der Waals surface area contributed by atoms with Gasteiger partial charge in [-0.2, -0.15) is 0 Å². The molecule has 0 aliphatic rings. The van der Waals surface area contributed by atoms with Gasteiger partial charge in [0.15, 0.2) is 5.88 Å². The minimum Gasteiger partial charge on any atom is -0.441 e. The summed E-state index contributed by atoms with van der Waals surface area (Å²) in [7, 11) is 0. The van der Waals surface area contributed by atoms with Crippen LogP contribution < -0.4 is 5.32 Å². The normalized spacial score (nSPS) is 10.6. The molecule has 0 saturated heterocycles. The molecule has 1 aromatic heterocycles. The third kappa shape index (κ3) is 3.44. The van der Waals surface area contributed by atoms with E-state index >= 15 is 0 Å². The fourth-order valence-electron chi connectivity index (χ4n) is 1.99. The van der Waals surface area contributed by atoms with Crippen LogP contribution in [0.4, 0.5) is 10.3 Å². The molecule has 0 unspecified atom stereocenters. The molecule has 0 saturated carbocycles. The molecule has 2 aromatic carbocycles. The predicted octanol–water partition coefficient (Wildman–Crippen LogP) is 5.35. The second-order valence-electron chi connectivity index (χ2n) is 4.65. The Kier molecular flexibility index (Phi) is 3.93. The molecule has 3 rings (SSSR count). The van der Waals surface area contributed by atoms with Crippen molar-refractivity contribution in [3.05, 3.63) is 77.1 Å². The van der Waals surface area contributed by atoms with E-state index in [1.807, 2.05) is 36.4 Å². The van der Waals surface area contributed by atoms with Crippen LogP contribution in [0.3, 0.4) is 0 Å². The van der Waals surface area contributed by atoms with Gasteiger partial charge < -0.3 is 9.73 Å². The first-order valence-corrected chi connectivity index (χ1v) is 6.92. The summed E-state index contributed by atoms with van der Waals surface area (Å²) in [5, 5.41) is 3.86. The summed E-state index contributed by atoms with van der Waals surface area (Å²) in [6.45, 7) is 0.577. The zero-order valence-corrected chi connectivity index (χ0v) is 11.9. The highest BCUT2D eigenvalue weighted by atomic mass is 35.5. The Balaban J connectivity index is 1.67. The number of furan rings is 1. The number of halogens is 2. The van der Waals surface area contributed by atoms with Crippen molar-refractivity contribution in [1.29, 1.82) is 0 Å². The van der Waals surface area contributed by atoms with Crippen LogP contribution in [-0.2, 0) is 6.54 Å². The Morgan fingerprint density at radius 1 is 0.905 bits per heavy atom. The van der Waals surface area contributed by atoms with Gasteiger partial charge in [-0.05, 0) is 48.0 Å². The second-order valence-corrected chi connectivity index (χ2v) is 5.09. The fraction of sp³-hybridized carbons (Fsp3) is 0.0588. The van der Waals surface area contributed by atoms with Crippen LogP contribution >= 0.6 is 11.6 Å². The van der Waals surface area contributed by atoms with E-state index in [0.29, 0.717) is 17.5 Å². The Labute approximate surface area is 127 Å². The number of anilines is 1. The summed E-state index contributed by atoms with van der Waals surface area (Å²) in [6.07, 6.45) is 0. The van der Waals surface area contributed by atoms with Crippen LogP contribution in [0.15, 0.2) is 65.1 Å². The van der Waals surface area contributed by atoms with Gasteiger partial charge in [0.2, 0.25) is 0 Å². The van der Waals surface area contributed by atoms with Gasteiger partial charge in [-0.1, -0.05) is 23.7 Å². The summed E-state index contributed by atoms with van der Waals surface area (Å²) >= 11 is 5.86. The maximum Gasteiger partial charge on any atom is 0.193 e. The van der Waals surface area contributed by atoms with Crippen molar-refractivity contribution < 1.29 is 8.81 Å². The molecule has 0 radical (unpaired) electrons. The topological polar surface area (TPSA) is 25.2 Å². The maximum atomic E-state index is 12.8. The fourth-order valence-corrected chi connectivity index (χ4v) is 2.12. The first-order chi connectivity index (χ1) is 10.2. The molecule has 4 heteroatoms. The zero-order valence-electron chi connectivity index (χ0n) is 11.1. The molecule has 0 fully saturated rings. The van der Waals surface area contributed by atoms with Gasteiger partial charge in [-0.3, -0.25) is 0 Å². The highest BCUT2D eigenvalue weighted by molar-refractivity contribution is 6.30. The molecule has 0 spiro atoms. The van der Waals surface area contributed by atoms with Gasteiger partial charge in [0, 0.05) is 23.2 Å². The van der Waals surface area contributed by atoms with Crippen molar-refractivity contribution in [1.82, 2.24) is 0 Å². The van der Waals surface area contributed by atoms with Crippen LogP contribution in [0.2, 0.25) is 5.02 Å². The highest BCUT2D eigenvalue weighted by Gasteiger charge is 2.04.